The lowest BCUT2D eigenvalue weighted by Crippen LogP contribution is -1.91. The second kappa shape index (κ2) is 3.85. The van der Waals surface area contributed by atoms with Crippen molar-refractivity contribution in [3.05, 3.63) is 36.7 Å². The molecule has 0 bridgehead atoms. The molecular weight excluding hydrogens is 175 g/mol. The van der Waals surface area contributed by atoms with Crippen LogP contribution in [-0.4, -0.2) is 13.2 Å². The smallest absolute Gasteiger partial charge is 0.301 e. The summed E-state index contributed by atoms with van der Waals surface area (Å²) in [4.78, 5) is 0. The zero-order chi connectivity index (χ0) is 9.03. The molecule has 0 saturated carbocycles. The van der Waals surface area contributed by atoms with Gasteiger partial charge in [-0.2, -0.15) is 0 Å². The van der Waals surface area contributed by atoms with Crippen LogP contribution in [0.1, 0.15) is 0 Å². The Kier molecular flexibility index (Phi) is 3.04. The molecule has 0 aromatic rings. The fourth-order valence-corrected chi connectivity index (χ4v) is 2.33. The minimum Gasteiger partial charge on any atom is -0.301 e. The van der Waals surface area contributed by atoms with Gasteiger partial charge in [0.25, 0.3) is 0 Å². The van der Waals surface area contributed by atoms with Crippen molar-refractivity contribution < 1.29 is 13.6 Å². The highest BCUT2D eigenvalue weighted by atomic mass is 31.2. The number of hydrogen-bond donors (Lipinski definition) is 0. The Labute approximate surface area is 71.9 Å². The van der Waals surface area contributed by atoms with Crippen LogP contribution in [0.5, 0.6) is 0 Å². The number of hydrogen-bond acceptors (Lipinski definition) is 3. The predicted octanol–water partition coefficient (Wildman–Crippen LogP) is 2.48. The molecule has 1 heterocycles. The first-order chi connectivity index (χ1) is 5.73. The van der Waals surface area contributed by atoms with E-state index < -0.39 is 7.60 Å². The Hall–Kier alpha value is -0.630. The first-order valence-electron chi connectivity index (χ1n) is 3.56. The van der Waals surface area contributed by atoms with E-state index in [0.29, 0.717) is 11.9 Å². The Morgan fingerprint density at radius 1 is 1.75 bits per heavy atom. The molecule has 1 rings (SSSR count). The molecule has 0 aromatic carbocycles. The normalized spacial score (nSPS) is 28.2. The lowest BCUT2D eigenvalue weighted by atomic mass is 10.5. The van der Waals surface area contributed by atoms with Crippen molar-refractivity contribution in [3.8, 4) is 0 Å². The van der Waals surface area contributed by atoms with E-state index in [1.807, 2.05) is 0 Å². The van der Waals surface area contributed by atoms with E-state index >= 15 is 0 Å². The third-order valence-electron chi connectivity index (χ3n) is 1.42. The molecule has 3 nitrogen and oxygen atoms in total. The molecule has 4 heteroatoms. The summed E-state index contributed by atoms with van der Waals surface area (Å²) in [7, 11) is -3.02. The molecule has 0 spiro atoms. The van der Waals surface area contributed by atoms with E-state index in [2.05, 4.69) is 13.2 Å². The molecule has 1 aliphatic rings. The summed E-state index contributed by atoms with van der Waals surface area (Å²) in [5.41, 5.74) is 0. The topological polar surface area (TPSA) is 35.5 Å². The highest BCUT2D eigenvalue weighted by molar-refractivity contribution is 7.59. The molecule has 0 radical (unpaired) electrons. The summed E-state index contributed by atoms with van der Waals surface area (Å²) in [6.45, 7) is 7.53. The molecule has 0 amide bonds. The Morgan fingerprint density at radius 2 is 2.50 bits per heavy atom. The zero-order valence-corrected chi connectivity index (χ0v) is 7.63. The van der Waals surface area contributed by atoms with Gasteiger partial charge in [-0.3, -0.25) is 4.57 Å². The predicted molar refractivity (Wildman–Crippen MR) is 48.0 cm³/mol. The van der Waals surface area contributed by atoms with Gasteiger partial charge in [0.2, 0.25) is 0 Å². The first kappa shape index (κ1) is 9.46. The van der Waals surface area contributed by atoms with Gasteiger partial charge in [0.1, 0.15) is 0 Å². The molecule has 1 atom stereocenters. The van der Waals surface area contributed by atoms with Gasteiger partial charge in [0, 0.05) is 0 Å². The van der Waals surface area contributed by atoms with Crippen LogP contribution < -0.4 is 0 Å². The van der Waals surface area contributed by atoms with Crippen LogP contribution in [0.4, 0.5) is 0 Å². The third kappa shape index (κ3) is 1.75. The van der Waals surface area contributed by atoms with Crippen molar-refractivity contribution in [1.82, 2.24) is 0 Å². The van der Waals surface area contributed by atoms with E-state index in [-0.39, 0.29) is 6.61 Å². The third-order valence-corrected chi connectivity index (χ3v) is 3.40. The van der Waals surface area contributed by atoms with Crippen LogP contribution in [0.2, 0.25) is 0 Å². The van der Waals surface area contributed by atoms with Crippen LogP contribution in [0, 0.1) is 0 Å². The van der Waals surface area contributed by atoms with Crippen molar-refractivity contribution in [3.63, 3.8) is 0 Å². The molecule has 0 N–H and O–H groups in total. The number of rotatable bonds is 4. The minimum absolute atomic E-state index is 0.225. The van der Waals surface area contributed by atoms with Gasteiger partial charge in [-0.05, 0) is 6.08 Å². The lowest BCUT2D eigenvalue weighted by Gasteiger charge is -2.11. The van der Waals surface area contributed by atoms with Crippen molar-refractivity contribution in [2.45, 2.75) is 0 Å². The van der Waals surface area contributed by atoms with E-state index in [4.69, 9.17) is 9.05 Å². The molecule has 1 aliphatic heterocycles. The first-order valence-corrected chi connectivity index (χ1v) is 5.10. The van der Waals surface area contributed by atoms with E-state index in [1.165, 1.54) is 12.2 Å². The maximum absolute atomic E-state index is 11.7. The Balaban J connectivity index is 2.71. The summed E-state index contributed by atoms with van der Waals surface area (Å²) in [6.07, 6.45) is 4.73. The van der Waals surface area contributed by atoms with Crippen molar-refractivity contribution >= 4 is 7.60 Å². The maximum atomic E-state index is 11.7. The summed E-state index contributed by atoms with van der Waals surface area (Å²) in [6, 6.07) is 0. The van der Waals surface area contributed by atoms with Gasteiger partial charge in [0.05, 0.1) is 18.5 Å². The second-order valence-electron chi connectivity index (χ2n) is 2.21. The molecule has 0 aromatic heterocycles. The van der Waals surface area contributed by atoms with Gasteiger partial charge >= 0.3 is 7.60 Å². The summed E-state index contributed by atoms with van der Waals surface area (Å²) in [5, 5.41) is 0.546. The second-order valence-corrected chi connectivity index (χ2v) is 4.24. The van der Waals surface area contributed by atoms with Crippen LogP contribution in [0.15, 0.2) is 36.7 Å². The van der Waals surface area contributed by atoms with Crippen LogP contribution >= 0.6 is 7.60 Å². The van der Waals surface area contributed by atoms with E-state index in [1.54, 1.807) is 6.08 Å². The highest BCUT2D eigenvalue weighted by Gasteiger charge is 2.31. The van der Waals surface area contributed by atoms with Gasteiger partial charge in [-0.15, -0.1) is 6.58 Å². The molecule has 0 aliphatic carbocycles. The average molecular weight is 186 g/mol. The lowest BCUT2D eigenvalue weighted by molar-refractivity contribution is 0.253. The monoisotopic (exact) mass is 186 g/mol. The summed E-state index contributed by atoms with van der Waals surface area (Å²) >= 11 is 0. The zero-order valence-electron chi connectivity index (χ0n) is 6.73. The SMILES string of the molecule is C=CCOP1(=O)OCC=C1C=C. The quantitative estimate of drug-likeness (QED) is 0.499. The van der Waals surface area contributed by atoms with E-state index in [0.717, 1.165) is 0 Å². The highest BCUT2D eigenvalue weighted by Crippen LogP contribution is 2.59. The Bertz CT molecular complexity index is 267. The van der Waals surface area contributed by atoms with E-state index in [9.17, 15) is 4.57 Å². The standard InChI is InChI=1S/C8H11O3P/c1-3-6-10-12(9)8(4-2)5-7-11-12/h3-5H,1-2,6-7H2. The van der Waals surface area contributed by atoms with Crippen LogP contribution in [0.25, 0.3) is 0 Å². The Morgan fingerprint density at radius 3 is 3.08 bits per heavy atom. The summed E-state index contributed by atoms with van der Waals surface area (Å²) in [5.74, 6) is 0. The van der Waals surface area contributed by atoms with Crippen molar-refractivity contribution in [2.24, 2.45) is 0 Å². The van der Waals surface area contributed by atoms with Crippen LogP contribution in [-0.2, 0) is 13.6 Å². The van der Waals surface area contributed by atoms with Crippen molar-refractivity contribution in [1.29, 1.82) is 0 Å². The fourth-order valence-electron chi connectivity index (χ4n) is 0.865. The van der Waals surface area contributed by atoms with Gasteiger partial charge in [-0.1, -0.05) is 18.7 Å². The molecule has 1 unspecified atom stereocenters. The van der Waals surface area contributed by atoms with Gasteiger partial charge in [-0.25, -0.2) is 0 Å². The molecule has 0 fully saturated rings. The van der Waals surface area contributed by atoms with Gasteiger partial charge < -0.3 is 9.05 Å². The fraction of sp³-hybridized carbons (Fsp3) is 0.250. The average Bonchev–Trinajstić information content (AvgIpc) is 2.44. The molecule has 0 saturated heterocycles. The molecule has 66 valence electrons. The van der Waals surface area contributed by atoms with Crippen molar-refractivity contribution in [2.75, 3.05) is 13.2 Å². The minimum atomic E-state index is -3.02. The number of allylic oxidation sites excluding steroid dienone is 2. The van der Waals surface area contributed by atoms with Crippen LogP contribution in [0.3, 0.4) is 0 Å². The van der Waals surface area contributed by atoms with Gasteiger partial charge in [0.15, 0.2) is 0 Å². The molecular formula is C8H11O3P. The summed E-state index contributed by atoms with van der Waals surface area (Å²) < 4.78 is 21.7. The largest absolute Gasteiger partial charge is 0.361 e. The molecule has 12 heavy (non-hydrogen) atoms. The maximum Gasteiger partial charge on any atom is 0.361 e.